The largest absolute Gasteiger partial charge is 0.494 e. The van der Waals surface area contributed by atoms with E-state index in [0.717, 1.165) is 38.1 Å². The number of likely N-dealkylation sites (tertiary alicyclic amines) is 1. The molecule has 164 valence electrons. The van der Waals surface area contributed by atoms with Crippen molar-refractivity contribution < 1.29 is 19.0 Å². The fraction of sp³-hybridized carbons (Fsp3) is 0.696. The molecule has 1 saturated heterocycles. The van der Waals surface area contributed by atoms with Crippen LogP contribution in [-0.2, 0) is 9.47 Å². The normalized spacial score (nSPS) is 15.7. The summed E-state index contributed by atoms with van der Waals surface area (Å²) in [5.41, 5.74) is 0.673. The summed E-state index contributed by atoms with van der Waals surface area (Å²) in [6.07, 6.45) is 8.70. The number of unbranched alkanes of at least 4 members (excludes halogenated alkanes) is 4. The molecule has 1 N–H and O–H groups in total. The van der Waals surface area contributed by atoms with E-state index in [1.54, 1.807) is 0 Å². The molecule has 2 rings (SSSR count). The monoisotopic (exact) mass is 406 g/mol. The minimum Gasteiger partial charge on any atom is -0.494 e. The molecule has 0 aliphatic carbocycles. The highest BCUT2D eigenvalue weighted by Gasteiger charge is 2.24. The van der Waals surface area contributed by atoms with Crippen molar-refractivity contribution >= 4 is 11.8 Å². The van der Waals surface area contributed by atoms with Gasteiger partial charge >= 0.3 is 6.09 Å². The zero-order valence-corrected chi connectivity index (χ0v) is 18.2. The van der Waals surface area contributed by atoms with Gasteiger partial charge in [-0.1, -0.05) is 45.1 Å². The number of amides is 1. The molecule has 0 bridgehead atoms. The zero-order chi connectivity index (χ0) is 20.7. The molecule has 1 aliphatic rings. The number of nitrogens with zero attached hydrogens (tertiary/aromatic N) is 1. The number of carbonyl (C=O) groups excluding carboxylic acids is 1. The zero-order valence-electron chi connectivity index (χ0n) is 18.2. The molecule has 6 nitrogen and oxygen atoms in total. The first kappa shape index (κ1) is 23.5. The average Bonchev–Trinajstić information content (AvgIpc) is 2.74. The van der Waals surface area contributed by atoms with Crippen LogP contribution in [0.4, 0.5) is 10.5 Å². The number of carbonyl (C=O) groups is 1. The highest BCUT2D eigenvalue weighted by Crippen LogP contribution is 2.19. The van der Waals surface area contributed by atoms with Gasteiger partial charge in [-0.15, -0.1) is 0 Å². The molecule has 6 heteroatoms. The van der Waals surface area contributed by atoms with Gasteiger partial charge in [0.2, 0.25) is 0 Å². The van der Waals surface area contributed by atoms with Crippen LogP contribution in [0.15, 0.2) is 24.3 Å². The molecule has 1 heterocycles. The maximum atomic E-state index is 12.4. The minimum atomic E-state index is -0.461. The smallest absolute Gasteiger partial charge is 0.413 e. The molecule has 1 amide bonds. The Morgan fingerprint density at radius 3 is 2.66 bits per heavy atom. The Kier molecular flexibility index (Phi) is 11.5. The first-order valence-electron chi connectivity index (χ1n) is 11.2. The van der Waals surface area contributed by atoms with Gasteiger partial charge in [-0.2, -0.15) is 0 Å². The lowest BCUT2D eigenvalue weighted by molar-refractivity contribution is -0.0664. The summed E-state index contributed by atoms with van der Waals surface area (Å²) in [5.74, 6) is 0.764. The quantitative estimate of drug-likeness (QED) is 0.442. The SMILES string of the molecule is CCCCCCCOc1cccc(NC(=O)OC(COCC)N2CCCCC2)c1. The van der Waals surface area contributed by atoms with Gasteiger partial charge in [0.15, 0.2) is 6.23 Å². The Bertz CT molecular complexity index is 576. The number of ether oxygens (including phenoxy) is 3. The van der Waals surface area contributed by atoms with E-state index in [9.17, 15) is 4.79 Å². The molecular formula is C23H38N2O4. The molecular weight excluding hydrogens is 368 g/mol. The van der Waals surface area contributed by atoms with Crippen LogP contribution in [0.3, 0.4) is 0 Å². The number of hydrogen-bond donors (Lipinski definition) is 1. The first-order chi connectivity index (χ1) is 14.2. The van der Waals surface area contributed by atoms with Crippen LogP contribution < -0.4 is 10.1 Å². The van der Waals surface area contributed by atoms with Gasteiger partial charge in [0.1, 0.15) is 5.75 Å². The Morgan fingerprint density at radius 2 is 1.90 bits per heavy atom. The maximum absolute atomic E-state index is 12.4. The van der Waals surface area contributed by atoms with Crippen molar-refractivity contribution in [2.45, 2.75) is 71.4 Å². The van der Waals surface area contributed by atoms with Gasteiger partial charge in [0.25, 0.3) is 0 Å². The molecule has 1 aromatic carbocycles. The van der Waals surface area contributed by atoms with Crippen LogP contribution in [0.5, 0.6) is 5.75 Å². The van der Waals surface area contributed by atoms with Gasteiger partial charge in [-0.3, -0.25) is 10.2 Å². The highest BCUT2D eigenvalue weighted by atomic mass is 16.6. The highest BCUT2D eigenvalue weighted by molar-refractivity contribution is 5.84. The second-order valence-electron chi connectivity index (χ2n) is 7.53. The van der Waals surface area contributed by atoms with Gasteiger partial charge in [-0.25, -0.2) is 4.79 Å². The summed E-state index contributed by atoms with van der Waals surface area (Å²) in [4.78, 5) is 14.6. The number of rotatable bonds is 13. The number of hydrogen-bond acceptors (Lipinski definition) is 5. The molecule has 0 saturated carbocycles. The van der Waals surface area contributed by atoms with E-state index < -0.39 is 6.09 Å². The van der Waals surface area contributed by atoms with Gasteiger partial charge in [-0.05, 0) is 38.3 Å². The summed E-state index contributed by atoms with van der Waals surface area (Å²) in [5, 5.41) is 2.82. The molecule has 1 aliphatic heterocycles. The molecule has 29 heavy (non-hydrogen) atoms. The summed E-state index contributed by atoms with van der Waals surface area (Å²) in [7, 11) is 0. The van der Waals surface area contributed by atoms with E-state index in [4.69, 9.17) is 14.2 Å². The van der Waals surface area contributed by atoms with Gasteiger partial charge in [0.05, 0.1) is 13.2 Å². The molecule has 1 unspecified atom stereocenters. The fourth-order valence-electron chi connectivity index (χ4n) is 3.47. The van der Waals surface area contributed by atoms with E-state index in [1.165, 1.54) is 32.1 Å². The standard InChI is InChI=1S/C23H38N2O4/c1-3-5-6-7-11-17-28-21-14-12-13-20(18-21)24-23(26)29-22(19-27-4-2)25-15-9-8-10-16-25/h12-14,18,22H,3-11,15-17,19H2,1-2H3,(H,24,26). The van der Waals surface area contributed by atoms with Crippen LogP contribution >= 0.6 is 0 Å². The lowest BCUT2D eigenvalue weighted by Gasteiger charge is -2.33. The fourth-order valence-corrected chi connectivity index (χ4v) is 3.47. The summed E-state index contributed by atoms with van der Waals surface area (Å²) < 4.78 is 17.0. The molecule has 0 spiro atoms. The molecule has 1 aromatic rings. The van der Waals surface area contributed by atoms with E-state index in [0.29, 0.717) is 25.5 Å². The van der Waals surface area contributed by atoms with E-state index >= 15 is 0 Å². The minimum absolute atomic E-state index is 0.349. The predicted octanol–water partition coefficient (Wildman–Crippen LogP) is 5.43. The van der Waals surface area contributed by atoms with Crippen LogP contribution in [0.2, 0.25) is 0 Å². The number of anilines is 1. The lowest BCUT2D eigenvalue weighted by atomic mass is 10.1. The molecule has 0 radical (unpaired) electrons. The summed E-state index contributed by atoms with van der Waals surface area (Å²) >= 11 is 0. The Hall–Kier alpha value is -1.79. The van der Waals surface area contributed by atoms with E-state index in [-0.39, 0.29) is 6.23 Å². The van der Waals surface area contributed by atoms with Crippen LogP contribution in [0.1, 0.15) is 65.2 Å². The van der Waals surface area contributed by atoms with Gasteiger partial charge < -0.3 is 14.2 Å². The maximum Gasteiger partial charge on any atom is 0.413 e. The van der Waals surface area contributed by atoms with Crippen LogP contribution in [-0.4, -0.2) is 50.1 Å². The molecule has 1 fully saturated rings. The number of piperidine rings is 1. The Balaban J connectivity index is 1.80. The third-order valence-corrected chi connectivity index (χ3v) is 5.10. The lowest BCUT2D eigenvalue weighted by Crippen LogP contribution is -2.45. The van der Waals surface area contributed by atoms with Crippen molar-refractivity contribution in [1.82, 2.24) is 4.90 Å². The average molecular weight is 407 g/mol. The van der Waals surface area contributed by atoms with E-state index in [2.05, 4.69) is 17.1 Å². The molecule has 1 atom stereocenters. The second kappa shape index (κ2) is 14.2. The van der Waals surface area contributed by atoms with E-state index in [1.807, 2.05) is 31.2 Å². The Labute approximate surface area is 175 Å². The summed E-state index contributed by atoms with van der Waals surface area (Å²) in [6.45, 7) is 7.73. The van der Waals surface area contributed by atoms with Crippen molar-refractivity contribution in [2.24, 2.45) is 0 Å². The van der Waals surface area contributed by atoms with Crippen LogP contribution in [0.25, 0.3) is 0 Å². The summed E-state index contributed by atoms with van der Waals surface area (Å²) in [6, 6.07) is 7.47. The number of nitrogens with one attached hydrogen (secondary N) is 1. The predicted molar refractivity (Wildman–Crippen MR) is 117 cm³/mol. The van der Waals surface area contributed by atoms with Crippen molar-refractivity contribution in [3.8, 4) is 5.75 Å². The number of benzene rings is 1. The van der Waals surface area contributed by atoms with Crippen molar-refractivity contribution in [1.29, 1.82) is 0 Å². The van der Waals surface area contributed by atoms with Crippen molar-refractivity contribution in [3.05, 3.63) is 24.3 Å². The van der Waals surface area contributed by atoms with Crippen molar-refractivity contribution in [2.75, 3.05) is 38.2 Å². The Morgan fingerprint density at radius 1 is 1.10 bits per heavy atom. The van der Waals surface area contributed by atoms with Crippen molar-refractivity contribution in [3.63, 3.8) is 0 Å². The second-order valence-corrected chi connectivity index (χ2v) is 7.53. The molecule has 0 aromatic heterocycles. The van der Waals surface area contributed by atoms with Gasteiger partial charge in [0, 0.05) is 31.5 Å². The van der Waals surface area contributed by atoms with Crippen LogP contribution in [0, 0.1) is 0 Å². The first-order valence-corrected chi connectivity index (χ1v) is 11.2. The third kappa shape index (κ3) is 9.50. The topological polar surface area (TPSA) is 60.0 Å². The third-order valence-electron chi connectivity index (χ3n) is 5.10.